The maximum Gasteiger partial charge on any atom is 0.352 e. The number of para-hydroxylation sites is 1. The number of benzene rings is 3. The molecule has 0 unspecified atom stereocenters. The van der Waals surface area contributed by atoms with E-state index in [1.807, 2.05) is 48.5 Å². The van der Waals surface area contributed by atoms with Crippen molar-refractivity contribution in [2.24, 2.45) is 5.10 Å². The van der Waals surface area contributed by atoms with E-state index >= 15 is 0 Å². The summed E-state index contributed by atoms with van der Waals surface area (Å²) < 4.78 is 6.83. The molecule has 0 aliphatic heterocycles. The summed E-state index contributed by atoms with van der Waals surface area (Å²) in [5.74, 6) is -0.639. The highest BCUT2D eigenvalue weighted by Crippen LogP contribution is 2.39. The third kappa shape index (κ3) is 6.14. The average Bonchev–Trinajstić information content (AvgIpc) is 3.67. The summed E-state index contributed by atoms with van der Waals surface area (Å²) in [5.41, 5.74) is 5.91. The van der Waals surface area contributed by atoms with Gasteiger partial charge in [0, 0.05) is 23.6 Å². The molecule has 0 aliphatic rings. The number of nitrogens with one attached hydrogen (secondary N) is 1. The van der Waals surface area contributed by atoms with Crippen molar-refractivity contribution in [3.8, 4) is 33.1 Å². The molecular weight excluding hydrogens is 562 g/mol. The number of ether oxygens (including phenoxy) is 1. The van der Waals surface area contributed by atoms with Crippen LogP contribution in [0.4, 0.5) is 10.8 Å². The third-order valence-corrected chi connectivity index (χ3v) is 7.18. The standard InChI is InChI=1S/C28H23N7O6S/c1-41-22-12-8-17(9-13-22)25-26(18-6-10-21(11-7-18)34-15-20(16-36)30-33-34)42-28(29-25)32-31-23(27(37)38)14-19-4-2-3-5-24(19)35(39)40/h2-13,15,36H,14,16H2,1H3,(H,29,32)(H,37,38)/b31-23-. The average molecular weight is 586 g/mol. The number of hydrogen-bond acceptors (Lipinski definition) is 11. The Kier molecular flexibility index (Phi) is 8.27. The van der Waals surface area contributed by atoms with E-state index in [1.165, 1.54) is 29.5 Å². The number of aromatic nitrogens is 4. The van der Waals surface area contributed by atoms with Crippen molar-refractivity contribution in [2.45, 2.75) is 13.0 Å². The summed E-state index contributed by atoms with van der Waals surface area (Å²) in [6, 6.07) is 20.8. The number of carboxylic acid groups (broad SMARTS) is 1. The number of hydrazone groups is 1. The smallest absolute Gasteiger partial charge is 0.352 e. The summed E-state index contributed by atoms with van der Waals surface area (Å²) in [7, 11) is 1.58. The number of carbonyl (C=O) groups is 1. The molecule has 3 aromatic carbocycles. The van der Waals surface area contributed by atoms with E-state index in [4.69, 9.17) is 9.72 Å². The molecule has 212 valence electrons. The van der Waals surface area contributed by atoms with Gasteiger partial charge in [-0.15, -0.1) is 5.10 Å². The molecule has 0 radical (unpaired) electrons. The molecule has 0 spiro atoms. The number of methoxy groups -OCH3 is 1. The van der Waals surface area contributed by atoms with Gasteiger partial charge in [0.05, 0.1) is 41.1 Å². The van der Waals surface area contributed by atoms with Crippen LogP contribution < -0.4 is 10.2 Å². The Hall–Kier alpha value is -5.47. The van der Waals surface area contributed by atoms with Crippen molar-refractivity contribution in [1.29, 1.82) is 0 Å². The minimum Gasteiger partial charge on any atom is -0.497 e. The molecule has 5 rings (SSSR count). The molecule has 0 atom stereocenters. The van der Waals surface area contributed by atoms with Crippen LogP contribution in [0, 0.1) is 10.1 Å². The van der Waals surface area contributed by atoms with Crippen molar-refractivity contribution in [1.82, 2.24) is 20.0 Å². The van der Waals surface area contributed by atoms with Crippen LogP contribution >= 0.6 is 11.3 Å². The number of anilines is 1. The molecule has 2 heterocycles. The van der Waals surface area contributed by atoms with Gasteiger partial charge in [0.1, 0.15) is 17.2 Å². The Morgan fingerprint density at radius 3 is 2.45 bits per heavy atom. The zero-order valence-corrected chi connectivity index (χ0v) is 22.9. The van der Waals surface area contributed by atoms with Crippen LogP contribution in [0.15, 0.2) is 84.1 Å². The Balaban J connectivity index is 1.48. The largest absolute Gasteiger partial charge is 0.497 e. The lowest BCUT2D eigenvalue weighted by Crippen LogP contribution is -2.18. The second-order valence-electron chi connectivity index (χ2n) is 8.82. The number of nitrogens with zero attached hydrogens (tertiary/aromatic N) is 6. The number of aliphatic carboxylic acids is 1. The van der Waals surface area contributed by atoms with Crippen LogP contribution in [-0.2, 0) is 17.8 Å². The van der Waals surface area contributed by atoms with E-state index in [9.17, 15) is 25.1 Å². The maximum atomic E-state index is 12.0. The van der Waals surface area contributed by atoms with Gasteiger partial charge in [-0.3, -0.25) is 15.5 Å². The van der Waals surface area contributed by atoms with E-state index < -0.39 is 10.9 Å². The van der Waals surface area contributed by atoms with Gasteiger partial charge in [-0.2, -0.15) is 5.10 Å². The lowest BCUT2D eigenvalue weighted by Gasteiger charge is -2.06. The molecule has 3 N–H and O–H groups in total. The number of thiazole rings is 1. The summed E-state index contributed by atoms with van der Waals surface area (Å²) in [4.78, 5) is 28.3. The van der Waals surface area contributed by atoms with Crippen molar-refractivity contribution < 1.29 is 24.7 Å². The van der Waals surface area contributed by atoms with Crippen LogP contribution in [0.2, 0.25) is 0 Å². The summed E-state index contributed by atoms with van der Waals surface area (Å²) in [6.45, 7) is -0.214. The number of rotatable bonds is 11. The van der Waals surface area contributed by atoms with Gasteiger partial charge in [-0.25, -0.2) is 14.5 Å². The Bertz CT molecular complexity index is 1760. The first-order valence-corrected chi connectivity index (χ1v) is 13.2. The fourth-order valence-electron chi connectivity index (χ4n) is 4.07. The Morgan fingerprint density at radius 2 is 1.81 bits per heavy atom. The van der Waals surface area contributed by atoms with Crippen LogP contribution in [0.1, 0.15) is 11.3 Å². The molecule has 0 aliphatic carbocycles. The quantitative estimate of drug-likeness (QED) is 0.113. The summed E-state index contributed by atoms with van der Waals surface area (Å²) >= 11 is 1.27. The van der Waals surface area contributed by atoms with Gasteiger partial charge in [0.25, 0.3) is 5.69 Å². The number of aliphatic hydroxyl groups excluding tert-OH is 1. The first-order valence-electron chi connectivity index (χ1n) is 12.4. The van der Waals surface area contributed by atoms with Crippen LogP contribution in [0.5, 0.6) is 5.75 Å². The first kappa shape index (κ1) is 28.1. The first-order chi connectivity index (χ1) is 20.4. The van der Waals surface area contributed by atoms with Crippen molar-refractivity contribution in [2.75, 3.05) is 12.5 Å². The predicted octanol–water partition coefficient (Wildman–Crippen LogP) is 4.56. The van der Waals surface area contributed by atoms with Gasteiger partial charge in [-0.1, -0.05) is 46.9 Å². The van der Waals surface area contributed by atoms with E-state index in [1.54, 1.807) is 24.1 Å². The number of nitro groups is 1. The molecule has 0 bridgehead atoms. The lowest BCUT2D eigenvalue weighted by atomic mass is 10.1. The molecule has 0 saturated heterocycles. The van der Waals surface area contributed by atoms with Crippen LogP contribution in [0.3, 0.4) is 0 Å². The highest BCUT2D eigenvalue weighted by Gasteiger charge is 2.20. The molecular formula is C28H23N7O6S. The second kappa shape index (κ2) is 12.4. The molecule has 14 heteroatoms. The van der Waals surface area contributed by atoms with Gasteiger partial charge < -0.3 is 14.9 Å². The van der Waals surface area contributed by atoms with Gasteiger partial charge in [0.2, 0.25) is 5.13 Å². The minimum absolute atomic E-state index is 0.188. The molecule has 13 nitrogen and oxygen atoms in total. The number of carboxylic acids is 1. The minimum atomic E-state index is -1.32. The molecule has 5 aromatic rings. The molecule has 0 fully saturated rings. The number of aliphatic hydroxyl groups is 1. The lowest BCUT2D eigenvalue weighted by molar-refractivity contribution is -0.385. The van der Waals surface area contributed by atoms with Crippen LogP contribution in [0.25, 0.3) is 27.4 Å². The maximum absolute atomic E-state index is 12.0. The van der Waals surface area contributed by atoms with Crippen LogP contribution in [-0.4, -0.2) is 53.9 Å². The van der Waals surface area contributed by atoms with E-state index in [-0.39, 0.29) is 30.0 Å². The zero-order valence-electron chi connectivity index (χ0n) is 22.0. The SMILES string of the molecule is COc1ccc(-c2nc(N/N=C(/Cc3ccccc3[N+](=O)[O-])C(=O)O)sc2-c2ccc(-n3cc(CO)nn3)cc2)cc1. The van der Waals surface area contributed by atoms with E-state index in [0.29, 0.717) is 22.3 Å². The highest BCUT2D eigenvalue weighted by atomic mass is 32.1. The van der Waals surface area contributed by atoms with Gasteiger partial charge in [-0.05, 0) is 42.0 Å². The Morgan fingerprint density at radius 1 is 1.10 bits per heavy atom. The monoisotopic (exact) mass is 585 g/mol. The normalized spacial score (nSPS) is 11.3. The predicted molar refractivity (Wildman–Crippen MR) is 156 cm³/mol. The second-order valence-corrected chi connectivity index (χ2v) is 9.82. The molecule has 0 saturated carbocycles. The topological polar surface area (TPSA) is 178 Å². The van der Waals surface area contributed by atoms with Gasteiger partial charge in [0.15, 0.2) is 0 Å². The van der Waals surface area contributed by atoms with Crippen molar-refractivity contribution in [3.63, 3.8) is 0 Å². The molecule has 42 heavy (non-hydrogen) atoms. The number of hydrogen-bond donors (Lipinski definition) is 3. The van der Waals surface area contributed by atoms with Crippen molar-refractivity contribution in [3.05, 3.63) is 100 Å². The fourth-order valence-corrected chi connectivity index (χ4v) is 5.00. The fraction of sp³-hybridized carbons (Fsp3) is 0.107. The highest BCUT2D eigenvalue weighted by molar-refractivity contribution is 7.19. The summed E-state index contributed by atoms with van der Waals surface area (Å²) in [5, 5.41) is 42.7. The molecule has 0 amide bonds. The Labute approximate surface area is 242 Å². The van der Waals surface area contributed by atoms with E-state index in [0.717, 1.165) is 21.7 Å². The zero-order chi connectivity index (χ0) is 29.6. The van der Waals surface area contributed by atoms with Crippen molar-refractivity contribution >= 4 is 33.8 Å². The molecule has 2 aromatic heterocycles. The number of nitro benzene ring substituents is 1. The third-order valence-electron chi connectivity index (χ3n) is 6.17. The van der Waals surface area contributed by atoms with E-state index in [2.05, 4.69) is 20.8 Å². The van der Waals surface area contributed by atoms with Gasteiger partial charge >= 0.3 is 5.97 Å². The summed E-state index contributed by atoms with van der Waals surface area (Å²) in [6.07, 6.45) is 1.37.